The molecule has 1 aromatic heterocycles. The van der Waals surface area contributed by atoms with E-state index in [1.165, 1.54) is 48.7 Å². The first-order valence-corrected chi connectivity index (χ1v) is 8.17. The molecule has 0 aliphatic carbocycles. The number of rotatable bonds is 7. The minimum atomic E-state index is -2.89. The van der Waals surface area contributed by atoms with Crippen molar-refractivity contribution in [2.24, 2.45) is 0 Å². The van der Waals surface area contributed by atoms with Crippen molar-refractivity contribution in [3.8, 4) is 5.75 Å². The second-order valence-electron chi connectivity index (χ2n) is 5.61. The van der Waals surface area contributed by atoms with E-state index in [9.17, 15) is 18.4 Å². The van der Waals surface area contributed by atoms with Gasteiger partial charge in [-0.05, 0) is 54.1 Å². The number of halogens is 2. The fraction of sp³-hybridized carbons (Fsp3) is 0.100. The average Bonchev–Trinajstić information content (AvgIpc) is 3.22. The molecular formula is C20H15F2NO5. The second kappa shape index (κ2) is 8.81. The van der Waals surface area contributed by atoms with Crippen molar-refractivity contribution in [1.29, 1.82) is 0 Å². The topological polar surface area (TPSA) is 77.8 Å². The van der Waals surface area contributed by atoms with E-state index in [1.807, 2.05) is 0 Å². The Morgan fingerprint density at radius 2 is 1.71 bits per heavy atom. The van der Waals surface area contributed by atoms with Crippen LogP contribution in [0.4, 0.5) is 14.5 Å². The average molecular weight is 387 g/mol. The highest BCUT2D eigenvalue weighted by Gasteiger charge is 2.11. The van der Waals surface area contributed by atoms with Crippen molar-refractivity contribution >= 4 is 17.6 Å². The Balaban J connectivity index is 1.52. The Morgan fingerprint density at radius 3 is 2.32 bits per heavy atom. The molecule has 0 aliphatic rings. The summed E-state index contributed by atoms with van der Waals surface area (Å²) in [6.07, 6.45) is 1.40. The van der Waals surface area contributed by atoms with Crippen LogP contribution in [0.3, 0.4) is 0 Å². The quantitative estimate of drug-likeness (QED) is 0.605. The number of hydrogen-bond acceptors (Lipinski definition) is 5. The Kier molecular flexibility index (Phi) is 6.01. The summed E-state index contributed by atoms with van der Waals surface area (Å²) in [6, 6.07) is 15.1. The van der Waals surface area contributed by atoms with E-state index in [0.717, 1.165) is 0 Å². The van der Waals surface area contributed by atoms with Gasteiger partial charge in [0.15, 0.2) is 5.76 Å². The highest BCUT2D eigenvalue weighted by molar-refractivity contribution is 6.02. The van der Waals surface area contributed by atoms with Crippen molar-refractivity contribution in [3.63, 3.8) is 0 Å². The van der Waals surface area contributed by atoms with Gasteiger partial charge in [-0.1, -0.05) is 12.1 Å². The number of anilines is 1. The lowest BCUT2D eigenvalue weighted by molar-refractivity contribution is -0.0498. The molecule has 6 nitrogen and oxygen atoms in total. The van der Waals surface area contributed by atoms with Gasteiger partial charge in [0.1, 0.15) is 12.4 Å². The van der Waals surface area contributed by atoms with Crippen LogP contribution in [0.15, 0.2) is 71.3 Å². The highest BCUT2D eigenvalue weighted by Crippen LogP contribution is 2.17. The number of esters is 1. The molecule has 0 saturated carbocycles. The molecule has 0 spiro atoms. The zero-order valence-corrected chi connectivity index (χ0v) is 14.4. The summed E-state index contributed by atoms with van der Waals surface area (Å²) < 4.78 is 38.7. The van der Waals surface area contributed by atoms with Gasteiger partial charge in [0.05, 0.1) is 11.8 Å². The third-order valence-corrected chi connectivity index (χ3v) is 3.64. The number of nitrogens with one attached hydrogen (secondary N) is 1. The first-order valence-electron chi connectivity index (χ1n) is 8.17. The number of furan rings is 1. The predicted octanol–water partition coefficient (Wildman–Crippen LogP) is 4.49. The summed E-state index contributed by atoms with van der Waals surface area (Å²) in [5.74, 6) is -0.762. The number of carbonyl (C=O) groups is 2. The van der Waals surface area contributed by atoms with Gasteiger partial charge >= 0.3 is 12.6 Å². The molecule has 28 heavy (non-hydrogen) atoms. The van der Waals surface area contributed by atoms with Crippen LogP contribution in [0.1, 0.15) is 26.5 Å². The summed E-state index contributed by atoms with van der Waals surface area (Å²) in [5, 5.41) is 2.64. The van der Waals surface area contributed by atoms with Crippen LogP contribution in [-0.2, 0) is 11.3 Å². The second-order valence-corrected chi connectivity index (χ2v) is 5.61. The Hall–Kier alpha value is -3.68. The van der Waals surface area contributed by atoms with E-state index in [0.29, 0.717) is 16.8 Å². The molecule has 0 fully saturated rings. The maximum Gasteiger partial charge on any atom is 0.387 e. The fourth-order valence-electron chi connectivity index (χ4n) is 2.29. The van der Waals surface area contributed by atoms with Crippen LogP contribution in [0.2, 0.25) is 0 Å². The van der Waals surface area contributed by atoms with E-state index in [4.69, 9.17) is 9.15 Å². The van der Waals surface area contributed by atoms with Gasteiger partial charge in [0.25, 0.3) is 5.91 Å². The molecule has 3 rings (SSSR count). The van der Waals surface area contributed by atoms with Crippen LogP contribution in [0.25, 0.3) is 0 Å². The van der Waals surface area contributed by atoms with Crippen molar-refractivity contribution in [2.75, 3.05) is 5.32 Å². The van der Waals surface area contributed by atoms with Crippen molar-refractivity contribution in [3.05, 3.63) is 83.8 Å². The van der Waals surface area contributed by atoms with Crippen molar-refractivity contribution in [1.82, 2.24) is 0 Å². The minimum Gasteiger partial charge on any atom is -0.459 e. The molecule has 1 amide bonds. The van der Waals surface area contributed by atoms with Crippen molar-refractivity contribution in [2.45, 2.75) is 13.2 Å². The predicted molar refractivity (Wildman–Crippen MR) is 95.3 cm³/mol. The zero-order chi connectivity index (χ0) is 19.9. The van der Waals surface area contributed by atoms with Crippen LogP contribution in [0, 0.1) is 0 Å². The monoisotopic (exact) mass is 387 g/mol. The van der Waals surface area contributed by atoms with Crippen LogP contribution < -0.4 is 10.1 Å². The highest BCUT2D eigenvalue weighted by atomic mass is 19.3. The minimum absolute atomic E-state index is 0.0230. The van der Waals surface area contributed by atoms with E-state index in [1.54, 1.807) is 18.2 Å². The summed E-state index contributed by atoms with van der Waals surface area (Å²) >= 11 is 0. The maximum atomic E-state index is 12.1. The third kappa shape index (κ3) is 5.16. The molecule has 0 unspecified atom stereocenters. The van der Waals surface area contributed by atoms with E-state index < -0.39 is 18.5 Å². The van der Waals surface area contributed by atoms with Gasteiger partial charge in [0, 0.05) is 5.69 Å². The number of amides is 1. The molecule has 1 heterocycles. The largest absolute Gasteiger partial charge is 0.459 e. The fourth-order valence-corrected chi connectivity index (χ4v) is 2.29. The molecule has 1 N–H and O–H groups in total. The number of alkyl halides is 2. The van der Waals surface area contributed by atoms with Gasteiger partial charge < -0.3 is 19.2 Å². The third-order valence-electron chi connectivity index (χ3n) is 3.64. The van der Waals surface area contributed by atoms with Gasteiger partial charge in [0.2, 0.25) is 0 Å². The summed E-state index contributed by atoms with van der Waals surface area (Å²) in [5.41, 5.74) is 1.42. The van der Waals surface area contributed by atoms with Crippen LogP contribution in [0.5, 0.6) is 5.75 Å². The molecule has 0 atom stereocenters. The van der Waals surface area contributed by atoms with Gasteiger partial charge in [-0.25, -0.2) is 4.79 Å². The Labute approximate surface area is 158 Å². The SMILES string of the molecule is O=C(OCc1ccc(OC(F)F)cc1)c1ccc(NC(=O)c2ccco2)cc1. The molecule has 144 valence electrons. The Bertz CT molecular complexity index is 922. The van der Waals surface area contributed by atoms with Crippen LogP contribution >= 0.6 is 0 Å². The molecule has 8 heteroatoms. The summed E-state index contributed by atoms with van der Waals surface area (Å²) in [4.78, 5) is 24.0. The molecule has 3 aromatic rings. The van der Waals surface area contributed by atoms with Gasteiger partial charge in [-0.2, -0.15) is 8.78 Å². The molecule has 0 saturated heterocycles. The molecule has 0 aliphatic heterocycles. The molecular weight excluding hydrogens is 372 g/mol. The number of carbonyl (C=O) groups excluding carboxylic acids is 2. The Morgan fingerprint density at radius 1 is 1.00 bits per heavy atom. The van der Waals surface area contributed by atoms with E-state index >= 15 is 0 Å². The molecule has 0 radical (unpaired) electrons. The lowest BCUT2D eigenvalue weighted by Gasteiger charge is -2.08. The van der Waals surface area contributed by atoms with E-state index in [-0.39, 0.29) is 18.1 Å². The number of benzene rings is 2. The summed E-state index contributed by atoms with van der Waals surface area (Å²) in [7, 11) is 0. The lowest BCUT2D eigenvalue weighted by atomic mass is 10.2. The molecule has 0 bridgehead atoms. The smallest absolute Gasteiger partial charge is 0.387 e. The van der Waals surface area contributed by atoms with Gasteiger partial charge in [-0.15, -0.1) is 0 Å². The van der Waals surface area contributed by atoms with Crippen molar-refractivity contribution < 1.29 is 32.3 Å². The lowest BCUT2D eigenvalue weighted by Crippen LogP contribution is -2.11. The summed E-state index contributed by atoms with van der Waals surface area (Å²) in [6.45, 7) is -2.92. The number of ether oxygens (including phenoxy) is 2. The first-order chi connectivity index (χ1) is 13.5. The maximum absolute atomic E-state index is 12.1. The van der Waals surface area contributed by atoms with Crippen LogP contribution in [-0.4, -0.2) is 18.5 Å². The van der Waals surface area contributed by atoms with Gasteiger partial charge in [-0.3, -0.25) is 4.79 Å². The normalized spacial score (nSPS) is 10.5. The zero-order valence-electron chi connectivity index (χ0n) is 14.4. The standard InChI is InChI=1S/C20H15F2NO5/c21-20(22)28-16-9-3-13(4-10-16)12-27-19(25)14-5-7-15(8-6-14)23-18(24)17-2-1-11-26-17/h1-11,20H,12H2,(H,23,24). The number of hydrogen-bond donors (Lipinski definition) is 1. The van der Waals surface area contributed by atoms with E-state index in [2.05, 4.69) is 10.1 Å². The molecule has 2 aromatic carbocycles. The first kappa shape index (κ1) is 19.1.